The molecule has 1 aliphatic heterocycles. The van der Waals surface area contributed by atoms with Crippen molar-refractivity contribution in [1.29, 1.82) is 0 Å². The number of nitrogens with two attached hydrogens (primary N) is 1. The van der Waals surface area contributed by atoms with Crippen LogP contribution < -0.4 is 11.1 Å². The second-order valence-electron chi connectivity index (χ2n) is 4.68. The van der Waals surface area contributed by atoms with Crippen LogP contribution in [0, 0.1) is 0 Å². The summed E-state index contributed by atoms with van der Waals surface area (Å²) >= 11 is 6.21. The lowest BCUT2D eigenvalue weighted by atomic mass is 10.0. The second kappa shape index (κ2) is 5.75. The van der Waals surface area contributed by atoms with Gasteiger partial charge in [-0.15, -0.1) is 0 Å². The van der Waals surface area contributed by atoms with Gasteiger partial charge in [-0.05, 0) is 23.8 Å². The summed E-state index contributed by atoms with van der Waals surface area (Å²) in [6.07, 6.45) is 3.20. The minimum absolute atomic E-state index is 0.148. The van der Waals surface area contributed by atoms with Gasteiger partial charge >= 0.3 is 0 Å². The Morgan fingerprint density at radius 1 is 1.30 bits per heavy atom. The molecular weight excluding hydrogens is 276 g/mol. The maximum absolute atomic E-state index is 6.21. The van der Waals surface area contributed by atoms with E-state index in [-0.39, 0.29) is 6.04 Å². The molecule has 1 aliphatic rings. The number of morpholine rings is 1. The first kappa shape index (κ1) is 13.3. The molecule has 0 spiro atoms. The first-order chi connectivity index (χ1) is 9.72. The molecule has 0 bridgehead atoms. The average molecular weight is 291 g/mol. The van der Waals surface area contributed by atoms with Crippen molar-refractivity contribution in [3.8, 4) is 11.3 Å². The molecule has 20 heavy (non-hydrogen) atoms. The molecule has 2 heterocycles. The Bertz CT molecular complexity index is 614. The van der Waals surface area contributed by atoms with Crippen LogP contribution in [0.1, 0.15) is 11.6 Å². The summed E-state index contributed by atoms with van der Waals surface area (Å²) < 4.78 is 5.49. The van der Waals surface area contributed by atoms with Crippen molar-refractivity contribution in [2.24, 2.45) is 0 Å². The van der Waals surface area contributed by atoms with Crippen LogP contribution in [0.5, 0.6) is 0 Å². The summed E-state index contributed by atoms with van der Waals surface area (Å²) in [6, 6.07) is 5.99. The quantitative estimate of drug-likeness (QED) is 0.885. The summed E-state index contributed by atoms with van der Waals surface area (Å²) in [5.41, 5.74) is 8.37. The molecule has 1 aromatic heterocycles. The highest BCUT2D eigenvalue weighted by Crippen LogP contribution is 2.27. The maximum Gasteiger partial charge on any atom is 0.142 e. The summed E-state index contributed by atoms with van der Waals surface area (Å²) in [4.78, 5) is 8.34. The van der Waals surface area contributed by atoms with Crippen molar-refractivity contribution >= 4 is 17.4 Å². The highest BCUT2D eigenvalue weighted by atomic mass is 35.5. The second-order valence-corrected chi connectivity index (χ2v) is 5.12. The van der Waals surface area contributed by atoms with E-state index in [9.17, 15) is 0 Å². The number of nitrogens with one attached hydrogen (secondary N) is 1. The van der Waals surface area contributed by atoms with Gasteiger partial charge in [0.2, 0.25) is 0 Å². The third kappa shape index (κ3) is 2.90. The molecule has 1 unspecified atom stereocenters. The molecule has 1 fully saturated rings. The Morgan fingerprint density at radius 2 is 2.20 bits per heavy atom. The Labute approximate surface area is 122 Å². The molecule has 0 aliphatic carbocycles. The molecule has 3 N–H and O–H groups in total. The molecular formula is C14H15ClN4O. The van der Waals surface area contributed by atoms with Crippen molar-refractivity contribution in [1.82, 2.24) is 15.3 Å². The number of nitrogens with zero attached hydrogens (tertiary/aromatic N) is 2. The molecule has 1 atom stereocenters. The van der Waals surface area contributed by atoms with Crippen molar-refractivity contribution < 1.29 is 4.74 Å². The largest absolute Gasteiger partial charge is 0.382 e. The number of hydrogen-bond acceptors (Lipinski definition) is 5. The molecule has 3 rings (SSSR count). The van der Waals surface area contributed by atoms with Crippen LogP contribution in [0.2, 0.25) is 5.02 Å². The number of benzene rings is 1. The highest BCUT2D eigenvalue weighted by Gasteiger charge is 2.17. The lowest BCUT2D eigenvalue weighted by molar-refractivity contribution is 0.0769. The Kier molecular flexibility index (Phi) is 3.82. The van der Waals surface area contributed by atoms with Gasteiger partial charge in [-0.25, -0.2) is 4.98 Å². The molecule has 1 aromatic carbocycles. The van der Waals surface area contributed by atoms with E-state index in [1.54, 1.807) is 6.20 Å². The van der Waals surface area contributed by atoms with Gasteiger partial charge in [-0.2, -0.15) is 0 Å². The van der Waals surface area contributed by atoms with Crippen molar-refractivity contribution in [2.75, 3.05) is 25.5 Å². The Balaban J connectivity index is 1.97. The van der Waals surface area contributed by atoms with Crippen molar-refractivity contribution in [2.45, 2.75) is 6.04 Å². The fraction of sp³-hybridized carbons (Fsp3) is 0.286. The number of rotatable bonds is 2. The lowest BCUT2D eigenvalue weighted by Gasteiger charge is -2.24. The van der Waals surface area contributed by atoms with E-state index < -0.39 is 0 Å². The smallest absolute Gasteiger partial charge is 0.142 e. The Hall–Kier alpha value is -1.69. The fourth-order valence-electron chi connectivity index (χ4n) is 2.26. The lowest BCUT2D eigenvalue weighted by Crippen LogP contribution is -2.34. The highest BCUT2D eigenvalue weighted by molar-refractivity contribution is 6.31. The van der Waals surface area contributed by atoms with E-state index in [0.717, 1.165) is 24.3 Å². The van der Waals surface area contributed by atoms with E-state index in [0.29, 0.717) is 23.1 Å². The van der Waals surface area contributed by atoms with E-state index in [4.69, 9.17) is 22.1 Å². The molecule has 6 heteroatoms. The van der Waals surface area contributed by atoms with Crippen LogP contribution in [0.4, 0.5) is 5.82 Å². The van der Waals surface area contributed by atoms with E-state index in [1.807, 2.05) is 18.2 Å². The molecule has 0 saturated carbocycles. The van der Waals surface area contributed by atoms with Gasteiger partial charge in [-0.3, -0.25) is 4.98 Å². The predicted molar refractivity (Wildman–Crippen MR) is 78.5 cm³/mol. The van der Waals surface area contributed by atoms with Gasteiger partial charge in [0.15, 0.2) is 0 Å². The SMILES string of the molecule is Nc1cncc(-c2cc(Cl)cc(C3COCCN3)c2)n1. The van der Waals surface area contributed by atoms with Crippen LogP contribution in [-0.4, -0.2) is 29.7 Å². The van der Waals surface area contributed by atoms with Crippen molar-refractivity contribution in [3.63, 3.8) is 0 Å². The van der Waals surface area contributed by atoms with Crippen LogP contribution in [0.15, 0.2) is 30.6 Å². The number of anilines is 1. The summed E-state index contributed by atoms with van der Waals surface area (Å²) in [6.45, 7) is 2.22. The van der Waals surface area contributed by atoms with Gasteiger partial charge < -0.3 is 15.8 Å². The minimum atomic E-state index is 0.148. The van der Waals surface area contributed by atoms with Crippen LogP contribution in [0.25, 0.3) is 11.3 Å². The normalized spacial score (nSPS) is 18.9. The third-order valence-electron chi connectivity index (χ3n) is 3.19. The predicted octanol–water partition coefficient (Wildman–Crippen LogP) is 2.04. The number of halogens is 1. The van der Waals surface area contributed by atoms with Gasteiger partial charge in [0.05, 0.1) is 37.3 Å². The minimum Gasteiger partial charge on any atom is -0.382 e. The van der Waals surface area contributed by atoms with Gasteiger partial charge in [0, 0.05) is 17.1 Å². The number of aromatic nitrogens is 2. The van der Waals surface area contributed by atoms with E-state index in [1.165, 1.54) is 6.20 Å². The molecule has 104 valence electrons. The number of nitrogen functional groups attached to an aromatic ring is 1. The number of ether oxygens (including phenoxy) is 1. The van der Waals surface area contributed by atoms with Gasteiger partial charge in [-0.1, -0.05) is 11.6 Å². The van der Waals surface area contributed by atoms with Crippen LogP contribution in [0.3, 0.4) is 0 Å². The topological polar surface area (TPSA) is 73.1 Å². The fourth-order valence-corrected chi connectivity index (χ4v) is 2.50. The Morgan fingerprint density at radius 3 is 2.95 bits per heavy atom. The molecule has 0 radical (unpaired) electrons. The molecule has 0 amide bonds. The van der Waals surface area contributed by atoms with Gasteiger partial charge in [0.25, 0.3) is 0 Å². The first-order valence-corrected chi connectivity index (χ1v) is 6.80. The number of hydrogen-bond donors (Lipinski definition) is 2. The van der Waals surface area contributed by atoms with Crippen molar-refractivity contribution in [3.05, 3.63) is 41.2 Å². The standard InChI is InChI=1S/C14H15ClN4O/c15-11-4-9(12-6-17-7-14(16)19-12)3-10(5-11)13-8-20-2-1-18-13/h3-7,13,18H,1-2,8H2,(H2,16,19). The van der Waals surface area contributed by atoms with Crippen LogP contribution in [-0.2, 0) is 4.74 Å². The zero-order chi connectivity index (χ0) is 13.9. The first-order valence-electron chi connectivity index (χ1n) is 6.42. The monoisotopic (exact) mass is 290 g/mol. The average Bonchev–Trinajstić information content (AvgIpc) is 2.47. The zero-order valence-electron chi connectivity index (χ0n) is 10.8. The molecule has 5 nitrogen and oxygen atoms in total. The summed E-state index contributed by atoms with van der Waals surface area (Å²) in [5.74, 6) is 0.392. The van der Waals surface area contributed by atoms with E-state index >= 15 is 0 Å². The maximum atomic E-state index is 6.21. The van der Waals surface area contributed by atoms with E-state index in [2.05, 4.69) is 15.3 Å². The van der Waals surface area contributed by atoms with Crippen LogP contribution >= 0.6 is 11.6 Å². The zero-order valence-corrected chi connectivity index (χ0v) is 11.6. The molecule has 1 saturated heterocycles. The molecule has 2 aromatic rings. The van der Waals surface area contributed by atoms with Gasteiger partial charge in [0.1, 0.15) is 5.82 Å². The summed E-state index contributed by atoms with van der Waals surface area (Å²) in [5, 5.41) is 4.07. The third-order valence-corrected chi connectivity index (χ3v) is 3.41. The summed E-state index contributed by atoms with van der Waals surface area (Å²) in [7, 11) is 0.